The molecule has 1 aromatic rings. The van der Waals surface area contributed by atoms with Crippen molar-refractivity contribution in [2.45, 2.75) is 17.4 Å². The Morgan fingerprint density at radius 1 is 1.45 bits per heavy atom. The molecule has 8 nitrogen and oxygen atoms in total. The molecule has 1 atom stereocenters. The lowest BCUT2D eigenvalue weighted by atomic mass is 10.3. The van der Waals surface area contributed by atoms with Crippen LogP contribution >= 0.6 is 12.4 Å². The third kappa shape index (κ3) is 3.49. The largest absolute Gasteiger partial charge is 0.495 e. The highest BCUT2D eigenvalue weighted by Crippen LogP contribution is 2.31. The van der Waals surface area contributed by atoms with Crippen molar-refractivity contribution in [2.24, 2.45) is 0 Å². The number of ether oxygens (including phenoxy) is 1. The van der Waals surface area contributed by atoms with E-state index < -0.39 is 14.9 Å². The number of halogens is 1. The smallest absolute Gasteiger partial charge is 0.273 e. The van der Waals surface area contributed by atoms with Gasteiger partial charge in [-0.05, 0) is 19.0 Å². The van der Waals surface area contributed by atoms with Crippen molar-refractivity contribution >= 4 is 28.1 Å². The summed E-state index contributed by atoms with van der Waals surface area (Å²) >= 11 is 0. The summed E-state index contributed by atoms with van der Waals surface area (Å²) in [6, 6.07) is 3.37. The number of methoxy groups -OCH3 is 1. The van der Waals surface area contributed by atoms with E-state index in [1.165, 1.54) is 24.5 Å². The second-order valence-electron chi connectivity index (χ2n) is 4.76. The molecule has 0 saturated carbocycles. The summed E-state index contributed by atoms with van der Waals surface area (Å²) in [6.45, 7) is 1.35. The zero-order chi connectivity index (χ0) is 15.6. The standard InChI is InChI=1S/C12H17N3O5S.ClH/c1-14(10-5-6-13-8-10)21(18,19)12-4-3-9(15(16)17)7-11(12)20-2;/h3-4,7,10,13H,5-6,8H2,1-2H3;1H. The summed E-state index contributed by atoms with van der Waals surface area (Å²) in [5.41, 5.74) is -0.212. The van der Waals surface area contributed by atoms with Gasteiger partial charge in [-0.15, -0.1) is 12.4 Å². The molecule has 10 heteroatoms. The van der Waals surface area contributed by atoms with Gasteiger partial charge in [0.15, 0.2) is 0 Å². The third-order valence-corrected chi connectivity index (χ3v) is 5.51. The highest BCUT2D eigenvalue weighted by atomic mass is 35.5. The molecule has 0 amide bonds. The molecular weight excluding hydrogens is 334 g/mol. The molecule has 1 aliphatic rings. The Kier molecular flexibility index (Phi) is 6.12. The summed E-state index contributed by atoms with van der Waals surface area (Å²) in [5, 5.41) is 13.9. The van der Waals surface area contributed by atoms with Gasteiger partial charge in [0.25, 0.3) is 5.69 Å². The minimum absolute atomic E-state index is 0. The number of nitro benzene ring substituents is 1. The van der Waals surface area contributed by atoms with Crippen molar-refractivity contribution in [1.29, 1.82) is 0 Å². The van der Waals surface area contributed by atoms with Crippen LogP contribution in [0.15, 0.2) is 23.1 Å². The maximum absolute atomic E-state index is 12.6. The van der Waals surface area contributed by atoms with E-state index in [0.717, 1.165) is 25.1 Å². The Balaban J connectivity index is 0.00000242. The SMILES string of the molecule is COc1cc([N+](=O)[O-])ccc1S(=O)(=O)N(C)C1CCNC1.Cl. The summed E-state index contributed by atoms with van der Waals surface area (Å²) in [7, 11) is -0.967. The summed E-state index contributed by atoms with van der Waals surface area (Å²) in [6.07, 6.45) is 0.727. The molecule has 0 radical (unpaired) electrons. The average molecular weight is 352 g/mol. The molecule has 1 unspecified atom stereocenters. The van der Waals surface area contributed by atoms with Crippen molar-refractivity contribution in [1.82, 2.24) is 9.62 Å². The van der Waals surface area contributed by atoms with E-state index in [4.69, 9.17) is 4.74 Å². The second-order valence-corrected chi connectivity index (χ2v) is 6.73. The van der Waals surface area contributed by atoms with E-state index in [1.54, 1.807) is 0 Å². The lowest BCUT2D eigenvalue weighted by Gasteiger charge is -2.23. The molecule has 0 aliphatic carbocycles. The van der Waals surface area contributed by atoms with Crippen LogP contribution in [0.3, 0.4) is 0 Å². The van der Waals surface area contributed by atoms with Crippen LogP contribution < -0.4 is 10.1 Å². The van der Waals surface area contributed by atoms with E-state index in [9.17, 15) is 18.5 Å². The molecule has 124 valence electrons. The van der Waals surface area contributed by atoms with Gasteiger partial charge in [0.05, 0.1) is 18.1 Å². The third-order valence-electron chi connectivity index (χ3n) is 3.56. The molecule has 1 fully saturated rings. The molecule has 1 heterocycles. The molecule has 0 spiro atoms. The monoisotopic (exact) mass is 351 g/mol. The summed E-state index contributed by atoms with van der Waals surface area (Å²) in [4.78, 5) is 10.1. The molecule has 1 saturated heterocycles. The Labute approximate surface area is 135 Å². The van der Waals surface area contributed by atoms with Crippen LogP contribution in [0, 0.1) is 10.1 Å². The first kappa shape index (κ1) is 18.6. The van der Waals surface area contributed by atoms with Crippen LogP contribution in [0.1, 0.15) is 6.42 Å². The predicted molar refractivity (Wildman–Crippen MR) is 83.1 cm³/mol. The van der Waals surface area contributed by atoms with Gasteiger partial charge in [0.1, 0.15) is 10.6 Å². The lowest BCUT2D eigenvalue weighted by molar-refractivity contribution is -0.385. The van der Waals surface area contributed by atoms with Crippen molar-refractivity contribution < 1.29 is 18.1 Å². The molecule has 2 rings (SSSR count). The maximum atomic E-state index is 12.6. The molecular formula is C12H18ClN3O5S. The highest BCUT2D eigenvalue weighted by Gasteiger charge is 2.32. The van der Waals surface area contributed by atoms with Crippen LogP contribution in [-0.4, -0.2) is 50.9 Å². The van der Waals surface area contributed by atoms with E-state index >= 15 is 0 Å². The number of rotatable bonds is 5. The molecule has 22 heavy (non-hydrogen) atoms. The molecule has 1 aromatic carbocycles. The Morgan fingerprint density at radius 2 is 2.14 bits per heavy atom. The molecule has 0 bridgehead atoms. The Hall–Kier alpha value is -1.42. The average Bonchev–Trinajstić information content (AvgIpc) is 2.99. The van der Waals surface area contributed by atoms with Gasteiger partial charge in [0, 0.05) is 25.7 Å². The number of hydrogen-bond acceptors (Lipinski definition) is 6. The van der Waals surface area contributed by atoms with Gasteiger partial charge in [0.2, 0.25) is 10.0 Å². The maximum Gasteiger partial charge on any atom is 0.273 e. The highest BCUT2D eigenvalue weighted by molar-refractivity contribution is 7.89. The number of non-ortho nitro benzene ring substituents is 1. The molecule has 1 N–H and O–H groups in total. The first-order chi connectivity index (χ1) is 9.87. The van der Waals surface area contributed by atoms with Gasteiger partial charge < -0.3 is 10.1 Å². The van der Waals surface area contributed by atoms with Crippen molar-refractivity contribution in [3.8, 4) is 5.75 Å². The van der Waals surface area contributed by atoms with Crippen LogP contribution in [0.4, 0.5) is 5.69 Å². The molecule has 0 aromatic heterocycles. The normalized spacial score (nSPS) is 18.0. The van der Waals surface area contributed by atoms with Crippen molar-refractivity contribution in [3.63, 3.8) is 0 Å². The Morgan fingerprint density at radius 3 is 2.64 bits per heavy atom. The van der Waals surface area contributed by atoms with Gasteiger partial charge in [-0.3, -0.25) is 10.1 Å². The first-order valence-corrected chi connectivity index (χ1v) is 7.83. The van der Waals surface area contributed by atoms with Gasteiger partial charge >= 0.3 is 0 Å². The molecule has 1 aliphatic heterocycles. The number of benzene rings is 1. The fourth-order valence-electron chi connectivity index (χ4n) is 2.28. The minimum Gasteiger partial charge on any atom is -0.495 e. The quantitative estimate of drug-likeness (QED) is 0.627. The fourth-order valence-corrected chi connectivity index (χ4v) is 3.80. The zero-order valence-corrected chi connectivity index (χ0v) is 13.8. The van der Waals surface area contributed by atoms with Crippen LogP contribution in [0.25, 0.3) is 0 Å². The lowest BCUT2D eigenvalue weighted by Crippen LogP contribution is -2.38. The second kappa shape index (κ2) is 7.23. The van der Waals surface area contributed by atoms with Crippen LogP contribution in [0.2, 0.25) is 0 Å². The fraction of sp³-hybridized carbons (Fsp3) is 0.500. The summed E-state index contributed by atoms with van der Waals surface area (Å²) in [5.74, 6) is -0.0259. The minimum atomic E-state index is -3.76. The number of sulfonamides is 1. The number of likely N-dealkylation sites (N-methyl/N-ethyl adjacent to an activating group) is 1. The van der Waals surface area contributed by atoms with E-state index in [2.05, 4.69) is 5.32 Å². The van der Waals surface area contributed by atoms with Gasteiger partial charge in [-0.1, -0.05) is 0 Å². The van der Waals surface area contributed by atoms with Gasteiger partial charge in [-0.25, -0.2) is 8.42 Å². The number of nitrogens with one attached hydrogen (secondary N) is 1. The first-order valence-electron chi connectivity index (χ1n) is 6.39. The van der Waals surface area contributed by atoms with Crippen molar-refractivity contribution in [2.75, 3.05) is 27.2 Å². The van der Waals surface area contributed by atoms with Gasteiger partial charge in [-0.2, -0.15) is 4.31 Å². The number of hydrogen-bond donors (Lipinski definition) is 1. The summed E-state index contributed by atoms with van der Waals surface area (Å²) < 4.78 is 31.6. The predicted octanol–water partition coefficient (Wildman–Crippen LogP) is 1.01. The van der Waals surface area contributed by atoms with E-state index in [1.807, 2.05) is 0 Å². The Bertz CT molecular complexity index is 646. The van der Waals surface area contributed by atoms with E-state index in [0.29, 0.717) is 6.54 Å². The zero-order valence-electron chi connectivity index (χ0n) is 12.2. The number of nitrogens with zero attached hydrogens (tertiary/aromatic N) is 2. The van der Waals surface area contributed by atoms with Crippen LogP contribution in [-0.2, 0) is 10.0 Å². The number of nitro groups is 1. The van der Waals surface area contributed by atoms with E-state index in [-0.39, 0.29) is 34.8 Å². The van der Waals surface area contributed by atoms with Crippen LogP contribution in [0.5, 0.6) is 5.75 Å². The van der Waals surface area contributed by atoms with Crippen molar-refractivity contribution in [3.05, 3.63) is 28.3 Å². The topological polar surface area (TPSA) is 102 Å².